The van der Waals surface area contributed by atoms with E-state index in [2.05, 4.69) is 5.32 Å². The van der Waals surface area contributed by atoms with Crippen molar-refractivity contribution < 1.29 is 19.4 Å². The van der Waals surface area contributed by atoms with Gasteiger partial charge in [0.25, 0.3) is 5.91 Å². The molecule has 0 spiro atoms. The Kier molecular flexibility index (Phi) is 5.55. The van der Waals surface area contributed by atoms with Gasteiger partial charge in [0.05, 0.1) is 7.11 Å². The number of carbonyl (C=O) groups excluding carboxylic acids is 1. The van der Waals surface area contributed by atoms with E-state index in [4.69, 9.17) is 9.84 Å². The van der Waals surface area contributed by atoms with Crippen LogP contribution < -0.4 is 10.1 Å². The second-order valence-corrected chi connectivity index (χ2v) is 5.06. The number of hydrogen-bond acceptors (Lipinski definition) is 3. The summed E-state index contributed by atoms with van der Waals surface area (Å²) in [4.78, 5) is 22.6. The predicted octanol–water partition coefficient (Wildman–Crippen LogP) is 2.15. The van der Waals surface area contributed by atoms with E-state index in [0.29, 0.717) is 12.1 Å². The SMILES string of the molecule is COc1c(C)cc(C(=O)NCC(C)CC(=O)O)cc1C. The van der Waals surface area contributed by atoms with E-state index in [1.807, 2.05) is 13.8 Å². The maximum atomic E-state index is 12.0. The van der Waals surface area contributed by atoms with Crippen molar-refractivity contribution in [3.05, 3.63) is 28.8 Å². The van der Waals surface area contributed by atoms with Crippen molar-refractivity contribution >= 4 is 11.9 Å². The van der Waals surface area contributed by atoms with E-state index in [-0.39, 0.29) is 18.2 Å². The molecule has 1 unspecified atom stereocenters. The number of ether oxygens (including phenoxy) is 1. The van der Waals surface area contributed by atoms with Crippen LogP contribution in [-0.2, 0) is 4.79 Å². The molecule has 20 heavy (non-hydrogen) atoms. The van der Waals surface area contributed by atoms with E-state index >= 15 is 0 Å². The first kappa shape index (κ1) is 16.0. The van der Waals surface area contributed by atoms with E-state index < -0.39 is 5.97 Å². The lowest BCUT2D eigenvalue weighted by molar-refractivity contribution is -0.137. The van der Waals surface area contributed by atoms with Crippen LogP contribution in [0.1, 0.15) is 34.8 Å². The van der Waals surface area contributed by atoms with Crippen LogP contribution in [0, 0.1) is 19.8 Å². The van der Waals surface area contributed by atoms with Crippen molar-refractivity contribution in [2.75, 3.05) is 13.7 Å². The minimum atomic E-state index is -0.858. The molecule has 0 aromatic heterocycles. The fraction of sp³-hybridized carbons (Fsp3) is 0.467. The lowest BCUT2D eigenvalue weighted by Crippen LogP contribution is -2.29. The van der Waals surface area contributed by atoms with Crippen molar-refractivity contribution in [1.82, 2.24) is 5.32 Å². The number of carboxylic acids is 1. The third-order valence-electron chi connectivity index (χ3n) is 3.06. The third-order valence-corrected chi connectivity index (χ3v) is 3.06. The summed E-state index contributed by atoms with van der Waals surface area (Å²) in [5, 5.41) is 11.4. The Morgan fingerprint density at radius 2 is 1.85 bits per heavy atom. The van der Waals surface area contributed by atoms with Gasteiger partial charge in [-0.2, -0.15) is 0 Å². The lowest BCUT2D eigenvalue weighted by Gasteiger charge is -2.13. The lowest BCUT2D eigenvalue weighted by atomic mass is 10.0. The highest BCUT2D eigenvalue weighted by Crippen LogP contribution is 2.24. The van der Waals surface area contributed by atoms with Crippen molar-refractivity contribution in [1.29, 1.82) is 0 Å². The van der Waals surface area contributed by atoms with Crippen LogP contribution in [0.15, 0.2) is 12.1 Å². The fourth-order valence-corrected chi connectivity index (χ4v) is 2.14. The number of benzene rings is 1. The zero-order valence-electron chi connectivity index (χ0n) is 12.3. The summed E-state index contributed by atoms with van der Waals surface area (Å²) >= 11 is 0. The number of nitrogens with one attached hydrogen (secondary N) is 1. The van der Waals surface area contributed by atoms with Gasteiger partial charge in [-0.15, -0.1) is 0 Å². The molecule has 1 aromatic carbocycles. The zero-order chi connectivity index (χ0) is 15.3. The number of rotatable bonds is 6. The van der Waals surface area contributed by atoms with Gasteiger partial charge in [-0.1, -0.05) is 6.92 Å². The highest BCUT2D eigenvalue weighted by Gasteiger charge is 2.13. The number of carboxylic acid groups (broad SMARTS) is 1. The van der Waals surface area contributed by atoms with Crippen LogP contribution >= 0.6 is 0 Å². The second kappa shape index (κ2) is 6.93. The second-order valence-electron chi connectivity index (χ2n) is 5.06. The van der Waals surface area contributed by atoms with Crippen LogP contribution in [0.5, 0.6) is 5.75 Å². The molecule has 5 nitrogen and oxygen atoms in total. The molecule has 0 fully saturated rings. The molecule has 0 saturated heterocycles. The van der Waals surface area contributed by atoms with Gasteiger partial charge in [-0.25, -0.2) is 0 Å². The maximum absolute atomic E-state index is 12.0. The van der Waals surface area contributed by atoms with Crippen LogP contribution in [0.4, 0.5) is 0 Å². The van der Waals surface area contributed by atoms with Gasteiger partial charge in [-0.05, 0) is 43.0 Å². The molecule has 1 amide bonds. The van der Waals surface area contributed by atoms with E-state index in [1.54, 1.807) is 26.2 Å². The molecule has 0 aliphatic rings. The summed E-state index contributed by atoms with van der Waals surface area (Å²) < 4.78 is 5.26. The van der Waals surface area contributed by atoms with Gasteiger partial charge >= 0.3 is 5.97 Å². The molecular weight excluding hydrogens is 258 g/mol. The highest BCUT2D eigenvalue weighted by molar-refractivity contribution is 5.94. The molecule has 2 N–H and O–H groups in total. The highest BCUT2D eigenvalue weighted by atomic mass is 16.5. The summed E-state index contributed by atoms with van der Waals surface area (Å²) in [5.41, 5.74) is 2.36. The molecule has 0 aliphatic heterocycles. The normalized spacial score (nSPS) is 11.8. The molecule has 0 aliphatic carbocycles. The minimum absolute atomic E-state index is 0.0426. The van der Waals surface area contributed by atoms with Gasteiger partial charge in [0.1, 0.15) is 5.75 Å². The first-order valence-corrected chi connectivity index (χ1v) is 6.50. The Morgan fingerprint density at radius 1 is 1.30 bits per heavy atom. The van der Waals surface area contributed by atoms with E-state index in [9.17, 15) is 9.59 Å². The first-order chi connectivity index (χ1) is 9.35. The molecule has 1 atom stereocenters. The molecule has 0 heterocycles. The van der Waals surface area contributed by atoms with Crippen molar-refractivity contribution in [3.63, 3.8) is 0 Å². The summed E-state index contributed by atoms with van der Waals surface area (Å²) in [7, 11) is 1.60. The zero-order valence-corrected chi connectivity index (χ0v) is 12.3. The largest absolute Gasteiger partial charge is 0.496 e. The Hall–Kier alpha value is -2.04. The van der Waals surface area contributed by atoms with Gasteiger partial charge in [0.2, 0.25) is 0 Å². The van der Waals surface area contributed by atoms with Crippen molar-refractivity contribution in [3.8, 4) is 5.75 Å². The number of aliphatic carboxylic acids is 1. The smallest absolute Gasteiger partial charge is 0.303 e. The maximum Gasteiger partial charge on any atom is 0.303 e. The summed E-state index contributed by atoms with van der Waals surface area (Å²) in [5.74, 6) is -0.378. The Balaban J connectivity index is 2.71. The average Bonchev–Trinajstić information content (AvgIpc) is 2.34. The number of carbonyl (C=O) groups is 2. The average molecular weight is 279 g/mol. The summed E-state index contributed by atoms with van der Waals surface area (Å²) in [6, 6.07) is 3.53. The van der Waals surface area contributed by atoms with E-state index in [1.165, 1.54) is 0 Å². The van der Waals surface area contributed by atoms with Gasteiger partial charge in [0.15, 0.2) is 0 Å². The molecule has 5 heteroatoms. The number of methoxy groups -OCH3 is 1. The van der Waals surface area contributed by atoms with Crippen LogP contribution in [-0.4, -0.2) is 30.6 Å². The molecule has 1 rings (SSSR count). The minimum Gasteiger partial charge on any atom is -0.496 e. The van der Waals surface area contributed by atoms with Crippen LogP contribution in [0.25, 0.3) is 0 Å². The van der Waals surface area contributed by atoms with Gasteiger partial charge < -0.3 is 15.2 Å². The molecular formula is C15H21NO4. The van der Waals surface area contributed by atoms with Crippen molar-refractivity contribution in [2.24, 2.45) is 5.92 Å². The topological polar surface area (TPSA) is 75.6 Å². The molecule has 110 valence electrons. The number of aryl methyl sites for hydroxylation is 2. The summed E-state index contributed by atoms with van der Waals surface area (Å²) in [6.07, 6.45) is 0.0426. The van der Waals surface area contributed by atoms with Gasteiger partial charge in [-0.3, -0.25) is 9.59 Å². The predicted molar refractivity (Wildman–Crippen MR) is 76.2 cm³/mol. The van der Waals surface area contributed by atoms with Gasteiger partial charge in [0, 0.05) is 18.5 Å². The van der Waals surface area contributed by atoms with Crippen LogP contribution in [0.2, 0.25) is 0 Å². The van der Waals surface area contributed by atoms with Crippen LogP contribution in [0.3, 0.4) is 0 Å². The molecule has 1 aromatic rings. The quantitative estimate of drug-likeness (QED) is 0.836. The molecule has 0 radical (unpaired) electrons. The Bertz CT molecular complexity index is 488. The number of amides is 1. The fourth-order valence-electron chi connectivity index (χ4n) is 2.14. The van der Waals surface area contributed by atoms with E-state index in [0.717, 1.165) is 16.9 Å². The third kappa shape index (κ3) is 4.26. The standard InChI is InChI=1S/C15H21NO4/c1-9(5-13(17)18)8-16-15(19)12-6-10(2)14(20-4)11(3)7-12/h6-7,9H,5,8H2,1-4H3,(H,16,19)(H,17,18). The Labute approximate surface area is 118 Å². The first-order valence-electron chi connectivity index (χ1n) is 6.50. The Morgan fingerprint density at radius 3 is 2.30 bits per heavy atom. The molecule has 0 saturated carbocycles. The summed E-state index contributed by atoms with van der Waals surface area (Å²) in [6.45, 7) is 5.90. The monoisotopic (exact) mass is 279 g/mol. The molecule has 0 bridgehead atoms. The number of hydrogen-bond donors (Lipinski definition) is 2. The van der Waals surface area contributed by atoms with Crippen molar-refractivity contribution in [2.45, 2.75) is 27.2 Å².